The highest BCUT2D eigenvalue weighted by Gasteiger charge is 2.48. The molecule has 2 aliphatic rings. The SMILES string of the molecule is O=C(NCC(F)(F)F)C1(CCCCN2CCN(c3ccc4cccc(Cl)c4n3)CC2)c2ccccc2Oc2ccccc21. The van der Waals surface area contributed by atoms with Crippen molar-refractivity contribution in [3.8, 4) is 11.5 Å². The minimum atomic E-state index is -4.52. The number of alkyl halides is 3. The van der Waals surface area contributed by atoms with E-state index in [0.29, 0.717) is 40.5 Å². The zero-order chi connectivity index (χ0) is 30.0. The Bertz CT molecular complexity index is 1580. The van der Waals surface area contributed by atoms with E-state index >= 15 is 0 Å². The minimum Gasteiger partial charge on any atom is -0.457 e. The molecule has 1 aromatic heterocycles. The van der Waals surface area contributed by atoms with Gasteiger partial charge in [0.05, 0.1) is 10.5 Å². The number of ether oxygens (including phenoxy) is 1. The predicted molar refractivity (Wildman–Crippen MR) is 162 cm³/mol. The van der Waals surface area contributed by atoms with Crippen LogP contribution < -0.4 is 15.0 Å². The van der Waals surface area contributed by atoms with E-state index in [0.717, 1.165) is 55.9 Å². The van der Waals surface area contributed by atoms with Gasteiger partial charge in [0, 0.05) is 42.7 Å². The van der Waals surface area contributed by atoms with Crippen LogP contribution in [0.5, 0.6) is 11.5 Å². The zero-order valence-electron chi connectivity index (χ0n) is 23.5. The summed E-state index contributed by atoms with van der Waals surface area (Å²) in [5, 5.41) is 3.84. The highest BCUT2D eigenvalue weighted by Crippen LogP contribution is 2.50. The summed E-state index contributed by atoms with van der Waals surface area (Å²) in [5.74, 6) is 1.22. The third-order valence-corrected chi connectivity index (χ3v) is 8.68. The van der Waals surface area contributed by atoms with Gasteiger partial charge in [0.2, 0.25) is 5.91 Å². The molecule has 1 amide bonds. The molecule has 6 rings (SSSR count). The number of nitrogens with one attached hydrogen (secondary N) is 1. The molecule has 2 aliphatic heterocycles. The Morgan fingerprint density at radius 3 is 2.23 bits per heavy atom. The van der Waals surface area contributed by atoms with Crippen LogP contribution in [-0.2, 0) is 10.2 Å². The van der Waals surface area contributed by atoms with Crippen molar-refractivity contribution in [2.24, 2.45) is 0 Å². The Balaban J connectivity index is 1.13. The number of rotatable bonds is 8. The summed E-state index contributed by atoms with van der Waals surface area (Å²) >= 11 is 6.37. The van der Waals surface area contributed by atoms with Gasteiger partial charge in [0.25, 0.3) is 0 Å². The van der Waals surface area contributed by atoms with Gasteiger partial charge in [0.1, 0.15) is 29.3 Å². The lowest BCUT2D eigenvalue weighted by atomic mass is 9.68. The first-order chi connectivity index (χ1) is 20.7. The Kier molecular flexibility index (Phi) is 8.20. The number of hydrogen-bond donors (Lipinski definition) is 1. The highest BCUT2D eigenvalue weighted by molar-refractivity contribution is 6.35. The molecule has 0 radical (unpaired) electrons. The second-order valence-corrected chi connectivity index (χ2v) is 11.5. The molecule has 0 aliphatic carbocycles. The largest absolute Gasteiger partial charge is 0.457 e. The topological polar surface area (TPSA) is 57.7 Å². The number of piperazine rings is 1. The van der Waals surface area contributed by atoms with Crippen LogP contribution in [0.4, 0.5) is 19.0 Å². The van der Waals surface area contributed by atoms with Crippen molar-refractivity contribution in [3.05, 3.63) is 95.0 Å². The van der Waals surface area contributed by atoms with E-state index in [1.165, 1.54) is 0 Å². The summed E-state index contributed by atoms with van der Waals surface area (Å²) in [4.78, 5) is 23.2. The average Bonchev–Trinajstić information content (AvgIpc) is 3.01. The molecule has 3 aromatic carbocycles. The number of carbonyl (C=O) groups is 1. The smallest absolute Gasteiger partial charge is 0.405 e. The first kappa shape index (κ1) is 29.3. The lowest BCUT2D eigenvalue weighted by Gasteiger charge is -2.39. The number of nitrogens with zero attached hydrogens (tertiary/aromatic N) is 3. The summed E-state index contributed by atoms with van der Waals surface area (Å²) in [5.41, 5.74) is 0.682. The van der Waals surface area contributed by atoms with E-state index < -0.39 is 24.0 Å². The molecule has 1 N–H and O–H groups in total. The summed E-state index contributed by atoms with van der Waals surface area (Å²) in [6.45, 7) is 2.81. The number of amides is 1. The number of aromatic nitrogens is 1. The first-order valence-corrected chi connectivity index (χ1v) is 14.9. The van der Waals surface area contributed by atoms with Crippen molar-refractivity contribution < 1.29 is 22.7 Å². The zero-order valence-corrected chi connectivity index (χ0v) is 24.3. The van der Waals surface area contributed by atoms with Crippen LogP contribution in [-0.4, -0.2) is 61.2 Å². The van der Waals surface area contributed by atoms with E-state index in [-0.39, 0.29) is 0 Å². The number of anilines is 1. The maximum absolute atomic E-state index is 13.8. The Morgan fingerprint density at radius 2 is 1.56 bits per heavy atom. The van der Waals surface area contributed by atoms with Crippen LogP contribution >= 0.6 is 11.6 Å². The van der Waals surface area contributed by atoms with Crippen LogP contribution in [0.3, 0.4) is 0 Å². The van der Waals surface area contributed by atoms with Crippen molar-refractivity contribution >= 4 is 34.2 Å². The van der Waals surface area contributed by atoms with Gasteiger partial charge in [-0.25, -0.2) is 4.98 Å². The van der Waals surface area contributed by atoms with Gasteiger partial charge < -0.3 is 15.0 Å². The highest BCUT2D eigenvalue weighted by atomic mass is 35.5. The molecule has 1 fully saturated rings. The summed E-state index contributed by atoms with van der Waals surface area (Å²) in [6, 6.07) is 24.1. The first-order valence-electron chi connectivity index (χ1n) is 14.5. The quantitative estimate of drug-likeness (QED) is 0.219. The standard InChI is InChI=1S/C33H32ClF3N4O2/c34-26-11-7-8-23-14-15-29(39-30(23)26)41-20-18-40(19-21-41)17-6-5-16-32(31(42)38-22-33(35,36)37)24-9-1-3-12-27(24)43-28-13-4-2-10-25(28)32/h1-4,7-15H,5-6,16-22H2,(H,38,42). The molecule has 4 aromatic rings. The maximum Gasteiger partial charge on any atom is 0.405 e. The number of pyridine rings is 1. The van der Waals surface area contributed by atoms with Crippen molar-refractivity contribution in [1.29, 1.82) is 0 Å². The molecule has 0 atom stereocenters. The van der Waals surface area contributed by atoms with Crippen molar-refractivity contribution in [2.45, 2.75) is 30.9 Å². The van der Waals surface area contributed by atoms with Gasteiger partial charge in [-0.3, -0.25) is 9.69 Å². The fourth-order valence-corrected chi connectivity index (χ4v) is 6.47. The second kappa shape index (κ2) is 12.1. The molecule has 0 saturated carbocycles. The normalized spacial score (nSPS) is 16.3. The monoisotopic (exact) mass is 608 g/mol. The molecule has 0 bridgehead atoms. The predicted octanol–water partition coefficient (Wildman–Crippen LogP) is 6.95. The molecule has 6 nitrogen and oxygen atoms in total. The number of fused-ring (bicyclic) bond motifs is 3. The molecule has 10 heteroatoms. The number of halogens is 4. The third-order valence-electron chi connectivity index (χ3n) is 8.38. The van der Waals surface area contributed by atoms with E-state index in [9.17, 15) is 18.0 Å². The minimum absolute atomic E-state index is 0.357. The van der Waals surface area contributed by atoms with E-state index in [4.69, 9.17) is 21.3 Å². The fraction of sp³-hybridized carbons (Fsp3) is 0.333. The summed E-state index contributed by atoms with van der Waals surface area (Å²) < 4.78 is 45.6. The van der Waals surface area contributed by atoms with Gasteiger partial charge in [0.15, 0.2) is 0 Å². The van der Waals surface area contributed by atoms with E-state index in [2.05, 4.69) is 15.1 Å². The Hall–Kier alpha value is -3.82. The van der Waals surface area contributed by atoms with Crippen LogP contribution in [0, 0.1) is 0 Å². The summed E-state index contributed by atoms with van der Waals surface area (Å²) in [6.07, 6.45) is -2.72. The van der Waals surface area contributed by atoms with Gasteiger partial charge in [-0.15, -0.1) is 0 Å². The molecule has 224 valence electrons. The maximum atomic E-state index is 13.8. The van der Waals surface area contributed by atoms with Crippen molar-refractivity contribution in [1.82, 2.24) is 15.2 Å². The van der Waals surface area contributed by atoms with Crippen molar-refractivity contribution in [2.75, 3.05) is 44.2 Å². The Morgan fingerprint density at radius 1 is 0.884 bits per heavy atom. The number of hydrogen-bond acceptors (Lipinski definition) is 5. The molecule has 0 spiro atoms. The number of benzene rings is 3. The lowest BCUT2D eigenvalue weighted by Crippen LogP contribution is -2.49. The number of unbranched alkanes of at least 4 members (excludes halogenated alkanes) is 1. The van der Waals surface area contributed by atoms with Crippen LogP contribution in [0.2, 0.25) is 5.02 Å². The van der Waals surface area contributed by atoms with E-state index in [1.54, 1.807) is 48.5 Å². The molecule has 3 heterocycles. The Labute approximate surface area is 253 Å². The van der Waals surface area contributed by atoms with Gasteiger partial charge >= 0.3 is 6.18 Å². The number of para-hydroxylation sites is 3. The lowest BCUT2D eigenvalue weighted by molar-refractivity contribution is -0.141. The van der Waals surface area contributed by atoms with Crippen LogP contribution in [0.15, 0.2) is 78.9 Å². The molecule has 43 heavy (non-hydrogen) atoms. The number of carbonyl (C=O) groups excluding carboxylic acids is 1. The van der Waals surface area contributed by atoms with Crippen LogP contribution in [0.25, 0.3) is 10.9 Å². The average molecular weight is 609 g/mol. The van der Waals surface area contributed by atoms with Gasteiger partial charge in [-0.1, -0.05) is 66.6 Å². The third kappa shape index (κ3) is 6.01. The fourth-order valence-electron chi connectivity index (χ4n) is 6.24. The molecular formula is C33H32ClF3N4O2. The van der Waals surface area contributed by atoms with Crippen molar-refractivity contribution in [3.63, 3.8) is 0 Å². The van der Waals surface area contributed by atoms with Gasteiger partial charge in [-0.05, 0) is 49.7 Å². The second-order valence-electron chi connectivity index (χ2n) is 11.1. The van der Waals surface area contributed by atoms with Gasteiger partial charge in [-0.2, -0.15) is 13.2 Å². The molecule has 0 unspecified atom stereocenters. The van der Waals surface area contributed by atoms with E-state index in [1.807, 2.05) is 30.3 Å². The molecular weight excluding hydrogens is 577 g/mol. The molecule has 1 saturated heterocycles. The summed E-state index contributed by atoms with van der Waals surface area (Å²) in [7, 11) is 0. The van der Waals surface area contributed by atoms with Crippen LogP contribution in [0.1, 0.15) is 30.4 Å².